The molecule has 25 nitrogen and oxygen atoms in total. The highest BCUT2D eigenvalue weighted by atomic mass is 19.1. The summed E-state index contributed by atoms with van der Waals surface area (Å²) in [5.41, 5.74) is 19.1. The standard InChI is InChI=1S/C60H58FN21O4/c1-34-6-3-7-45(59(34)85-42-18-14-36(20-42)78-82-57(74-55-33-68-40(27-64)30-71-55)24-49(80-82)58-50(83-2)10-5-11-51(58)84-41-16-12-35(65)13-17-41)48-23-56(73-54-32-67-39(26-63)29-70-54)81(79-48)77-37-15-19-43(21-37)86-60-44(8-4-9-46(60)61)47-22-52(76-75-47)72-53-31-66-38(25-62)28-69-53/h3-11,22-24,28-33,35-37,41-43,77-78H,12-21,65H2,1-2H3,(H4,66,67,68,69,70,71,72,73,74,75,76,79,80)/p+2/t35-,36-,37-,41-,42+,43+/m0/s1. The van der Waals surface area contributed by atoms with Crippen LogP contribution in [0.15, 0.2) is 110 Å². The number of H-pyrrole nitrogens is 3. The molecule has 6 heterocycles. The molecular weight excluding hydrogens is 1100 g/mol. The van der Waals surface area contributed by atoms with Gasteiger partial charge in [-0.3, -0.25) is 5.10 Å². The Bertz CT molecular complexity index is 3990. The van der Waals surface area contributed by atoms with E-state index in [0.717, 1.165) is 72.4 Å². The third kappa shape index (κ3) is 12.5. The molecule has 3 aliphatic rings. The summed E-state index contributed by atoms with van der Waals surface area (Å²) in [6, 6.07) is 28.2. The number of nitriles is 3. The fraction of sp³-hybridized carbons (Fsp3) is 0.300. The van der Waals surface area contributed by atoms with E-state index in [1.165, 1.54) is 43.2 Å². The summed E-state index contributed by atoms with van der Waals surface area (Å²) in [6.07, 6.45) is 15.7. The highest BCUT2D eigenvalue weighted by molar-refractivity contribution is 5.76. The van der Waals surface area contributed by atoms with E-state index in [2.05, 4.69) is 77.1 Å². The van der Waals surface area contributed by atoms with E-state index in [9.17, 15) is 10.5 Å². The molecule has 3 aromatic carbocycles. The molecule has 6 aromatic heterocycles. The molecule has 86 heavy (non-hydrogen) atoms. The number of hydrogen-bond acceptors (Lipinski definition) is 20. The molecule has 0 radical (unpaired) electrons. The van der Waals surface area contributed by atoms with Crippen LogP contribution in [-0.4, -0.2) is 93.8 Å². The summed E-state index contributed by atoms with van der Waals surface area (Å²) in [4.78, 5) is 29.2. The lowest BCUT2D eigenvalue weighted by Crippen LogP contribution is -2.52. The molecule has 26 heteroatoms. The molecule has 434 valence electrons. The first-order valence-electron chi connectivity index (χ1n) is 28.2. The number of benzene rings is 3. The molecule has 0 amide bonds. The molecule has 3 aliphatic carbocycles. The summed E-state index contributed by atoms with van der Waals surface area (Å²) in [6.45, 7) is 2.03. The van der Waals surface area contributed by atoms with Crippen molar-refractivity contribution in [2.45, 2.75) is 108 Å². The number of aromatic nitrogens is 12. The molecule has 0 saturated heterocycles. The Morgan fingerprint density at radius 2 is 1.08 bits per heavy atom. The van der Waals surface area contributed by atoms with Gasteiger partial charge in [0, 0.05) is 36.1 Å². The summed E-state index contributed by atoms with van der Waals surface area (Å²) in [7, 11) is 1.64. The lowest BCUT2D eigenvalue weighted by atomic mass is 9.93. The molecular formula is C60H60FN21O4+2. The quantitative estimate of drug-likeness (QED) is 0.0326. The Kier molecular flexibility index (Phi) is 16.1. The van der Waals surface area contributed by atoms with Crippen molar-refractivity contribution in [3.8, 4) is 75.0 Å². The maximum Gasteiger partial charge on any atom is 0.326 e. The average molecular weight is 1160 g/mol. The van der Waals surface area contributed by atoms with Gasteiger partial charge in [-0.25, -0.2) is 66.0 Å². The van der Waals surface area contributed by atoms with Crippen LogP contribution in [0.5, 0.6) is 23.0 Å². The number of para-hydroxylation sites is 2. The Hall–Kier alpha value is -10.9. The van der Waals surface area contributed by atoms with Crippen LogP contribution in [0.1, 0.15) is 86.9 Å². The van der Waals surface area contributed by atoms with Crippen LogP contribution in [0, 0.1) is 46.7 Å². The lowest BCUT2D eigenvalue weighted by molar-refractivity contribution is -0.695. The van der Waals surface area contributed by atoms with Gasteiger partial charge in [0.05, 0.1) is 97.3 Å². The van der Waals surface area contributed by atoms with Gasteiger partial charge in [-0.05, 0) is 94.2 Å². The molecule has 0 bridgehead atoms. The number of aromatic amines is 3. The second-order valence-electron chi connectivity index (χ2n) is 21.3. The van der Waals surface area contributed by atoms with E-state index < -0.39 is 5.82 Å². The number of nitrogens with zero attached hydrogens (tertiary/aromatic N) is 12. The van der Waals surface area contributed by atoms with E-state index in [1.54, 1.807) is 30.1 Å². The number of hydrogen-bond donors (Lipinski definition) is 9. The number of aryl methyl sites for hydroxylation is 1. The molecule has 0 unspecified atom stereocenters. The number of halogens is 1. The van der Waals surface area contributed by atoms with Crippen LogP contribution in [0.2, 0.25) is 0 Å². The Labute approximate surface area is 492 Å². The van der Waals surface area contributed by atoms with Crippen LogP contribution in [0.3, 0.4) is 0 Å². The zero-order valence-corrected chi connectivity index (χ0v) is 46.9. The van der Waals surface area contributed by atoms with Gasteiger partial charge in [-0.2, -0.15) is 20.9 Å². The predicted molar refractivity (Wildman–Crippen MR) is 312 cm³/mol. The summed E-state index contributed by atoms with van der Waals surface area (Å²) >= 11 is 0. The first-order chi connectivity index (χ1) is 42.0. The minimum absolute atomic E-state index is 0.0133. The van der Waals surface area contributed by atoms with E-state index >= 15 is 4.39 Å². The van der Waals surface area contributed by atoms with Gasteiger partial charge in [0.2, 0.25) is 11.6 Å². The number of nitrogens with two attached hydrogens (primary N) is 1. The van der Waals surface area contributed by atoms with E-state index in [-0.39, 0.29) is 59.3 Å². The number of rotatable bonds is 20. The fourth-order valence-corrected chi connectivity index (χ4v) is 11.1. The van der Waals surface area contributed by atoms with E-state index in [0.29, 0.717) is 83.3 Å². The van der Waals surface area contributed by atoms with Crippen molar-refractivity contribution in [2.24, 2.45) is 5.73 Å². The van der Waals surface area contributed by atoms with Crippen LogP contribution < -0.4 is 61.1 Å². The van der Waals surface area contributed by atoms with Crippen molar-refractivity contribution in [1.82, 2.24) is 50.3 Å². The van der Waals surface area contributed by atoms with Gasteiger partial charge in [0.1, 0.15) is 53.5 Å². The number of anilines is 6. The first kappa shape index (κ1) is 55.6. The number of methoxy groups -OCH3 is 1. The summed E-state index contributed by atoms with van der Waals surface area (Å²) in [5, 5.41) is 52.2. The molecule has 0 spiro atoms. The molecule has 3 saturated carbocycles. The number of nitrogens with one attached hydrogen (secondary N) is 8. The van der Waals surface area contributed by atoms with Gasteiger partial charge in [-0.15, -0.1) is 0 Å². The minimum Gasteiger partial charge on any atom is -0.496 e. The topological polar surface area (TPSA) is 340 Å². The van der Waals surface area contributed by atoms with Crippen molar-refractivity contribution in [1.29, 1.82) is 15.8 Å². The smallest absolute Gasteiger partial charge is 0.326 e. The Morgan fingerprint density at radius 1 is 0.558 bits per heavy atom. The lowest BCUT2D eigenvalue weighted by Gasteiger charge is -2.27. The largest absolute Gasteiger partial charge is 0.496 e. The molecule has 0 aliphatic heterocycles. The average Bonchev–Trinajstić information content (AvgIpc) is 3.20. The maximum atomic E-state index is 15.8. The first-order valence-corrected chi connectivity index (χ1v) is 28.2. The monoisotopic (exact) mass is 1160 g/mol. The second-order valence-corrected chi connectivity index (χ2v) is 21.3. The van der Waals surface area contributed by atoms with E-state index in [1.807, 2.05) is 78.5 Å². The van der Waals surface area contributed by atoms with Gasteiger partial charge in [-0.1, -0.05) is 33.8 Å². The van der Waals surface area contributed by atoms with Gasteiger partial charge in [0.25, 0.3) is 0 Å². The normalized spacial score (nSPS) is 18.9. The predicted octanol–water partition coefficient (Wildman–Crippen LogP) is 8.05. The zero-order valence-electron chi connectivity index (χ0n) is 46.9. The zero-order chi connectivity index (χ0) is 59.1. The maximum absolute atomic E-state index is 15.8. The molecule has 9 aromatic rings. The van der Waals surface area contributed by atoms with Crippen LogP contribution >= 0.6 is 0 Å². The van der Waals surface area contributed by atoms with Crippen LogP contribution in [0.25, 0.3) is 33.8 Å². The second kappa shape index (κ2) is 24.9. The van der Waals surface area contributed by atoms with Crippen LogP contribution in [0.4, 0.5) is 39.3 Å². The van der Waals surface area contributed by atoms with Crippen molar-refractivity contribution in [3.05, 3.63) is 138 Å². The Morgan fingerprint density at radius 3 is 1.66 bits per heavy atom. The minimum atomic E-state index is -0.516. The van der Waals surface area contributed by atoms with Crippen molar-refractivity contribution < 1.29 is 32.9 Å². The van der Waals surface area contributed by atoms with E-state index in [4.69, 9.17) is 29.9 Å². The third-order valence-corrected chi connectivity index (χ3v) is 15.4. The fourth-order valence-electron chi connectivity index (χ4n) is 11.1. The number of ether oxygens (including phenoxy) is 4. The molecule has 10 N–H and O–H groups in total. The van der Waals surface area contributed by atoms with Gasteiger partial charge < -0.3 is 30.0 Å². The highest BCUT2D eigenvalue weighted by Gasteiger charge is 2.34. The summed E-state index contributed by atoms with van der Waals surface area (Å²) in [5.74, 6) is 4.49. The van der Waals surface area contributed by atoms with Gasteiger partial charge in [0.15, 0.2) is 34.5 Å². The highest BCUT2D eigenvalue weighted by Crippen LogP contribution is 2.41. The molecule has 12 rings (SSSR count). The SMILES string of the molecule is COc1cccc(O[C@H]2CC[C@H](N)CC2)c1-c1cc(Nc2cnc(C#N)cn2)[n+](N[C@H]2CC[C@@H](Oc3c(C)cccc3-c3cc(Nc4cnc(C#N)cn4)[n+](N[C@H]4CC[C@@H](Oc5c(F)cccc5-c5cc(Nc6cnc(C#N)cn6)n[nH]5)C4)[nH]3)C2)[nH]1. The Balaban J connectivity index is 0.766. The third-order valence-electron chi connectivity index (χ3n) is 15.4. The van der Waals surface area contributed by atoms with Crippen molar-refractivity contribution >= 4 is 34.9 Å². The van der Waals surface area contributed by atoms with Crippen LogP contribution in [-0.2, 0) is 0 Å². The van der Waals surface area contributed by atoms with Gasteiger partial charge >= 0.3 is 11.6 Å². The molecule has 4 atom stereocenters. The van der Waals surface area contributed by atoms with Crippen molar-refractivity contribution in [2.75, 3.05) is 33.9 Å². The molecule has 3 fully saturated rings. The summed E-state index contributed by atoms with van der Waals surface area (Å²) < 4.78 is 41.9. The van der Waals surface area contributed by atoms with Crippen molar-refractivity contribution in [3.63, 3.8) is 0 Å².